The highest BCUT2D eigenvalue weighted by Crippen LogP contribution is 2.41. The molecule has 2 unspecified atom stereocenters. The maximum Gasteiger partial charge on any atom is 0.416 e. The molecule has 0 spiro atoms. The van der Waals surface area contributed by atoms with Crippen LogP contribution in [0.2, 0.25) is 0 Å². The zero-order chi connectivity index (χ0) is 26.2. The Labute approximate surface area is 205 Å². The van der Waals surface area contributed by atoms with E-state index in [4.69, 9.17) is 4.74 Å². The van der Waals surface area contributed by atoms with Gasteiger partial charge in [-0.05, 0) is 31.4 Å². The quantitative estimate of drug-likeness (QED) is 0.616. The summed E-state index contributed by atoms with van der Waals surface area (Å²) in [7, 11) is 1.42. The molecular formula is C24H27F3N4O5. The highest BCUT2D eigenvalue weighted by molar-refractivity contribution is 6.03. The fourth-order valence-corrected chi connectivity index (χ4v) is 4.91. The van der Waals surface area contributed by atoms with E-state index in [0.29, 0.717) is 19.4 Å². The second-order valence-electron chi connectivity index (χ2n) is 8.98. The number of amides is 4. The number of halogens is 3. The van der Waals surface area contributed by atoms with Crippen LogP contribution in [-0.2, 0) is 25.3 Å². The first-order valence-corrected chi connectivity index (χ1v) is 11.7. The Hall–Kier alpha value is -3.57. The van der Waals surface area contributed by atoms with Crippen molar-refractivity contribution in [3.8, 4) is 0 Å². The van der Waals surface area contributed by atoms with Gasteiger partial charge in [-0.15, -0.1) is 0 Å². The normalized spacial score (nSPS) is 22.5. The van der Waals surface area contributed by atoms with Gasteiger partial charge in [-0.25, -0.2) is 4.79 Å². The third-order valence-corrected chi connectivity index (χ3v) is 6.73. The van der Waals surface area contributed by atoms with Crippen LogP contribution in [0.15, 0.2) is 35.5 Å². The molecule has 1 aromatic carbocycles. The molecule has 1 fully saturated rings. The topological polar surface area (TPSA) is 99.3 Å². The number of carbonyl (C=O) groups excluding carboxylic acids is 4. The number of hydrogen-bond acceptors (Lipinski definition) is 5. The number of likely N-dealkylation sites (N-methyl/N-ethyl adjacent to an activating group) is 1. The van der Waals surface area contributed by atoms with Gasteiger partial charge in [0.1, 0.15) is 6.54 Å². The van der Waals surface area contributed by atoms with E-state index in [-0.39, 0.29) is 55.0 Å². The van der Waals surface area contributed by atoms with Gasteiger partial charge in [0.15, 0.2) is 0 Å². The summed E-state index contributed by atoms with van der Waals surface area (Å²) < 4.78 is 46.1. The van der Waals surface area contributed by atoms with Crippen molar-refractivity contribution in [1.29, 1.82) is 0 Å². The van der Waals surface area contributed by atoms with Gasteiger partial charge in [-0.1, -0.05) is 18.2 Å². The van der Waals surface area contributed by atoms with Crippen molar-refractivity contribution in [2.24, 2.45) is 5.92 Å². The number of piperidine rings is 1. The molecule has 36 heavy (non-hydrogen) atoms. The number of benzene rings is 1. The zero-order valence-corrected chi connectivity index (χ0v) is 19.9. The molecule has 4 amide bonds. The molecule has 194 valence electrons. The summed E-state index contributed by atoms with van der Waals surface area (Å²) in [5.41, 5.74) is -0.938. The minimum Gasteiger partial charge on any atom is -0.466 e. The van der Waals surface area contributed by atoms with Crippen LogP contribution in [0.4, 0.5) is 18.0 Å². The summed E-state index contributed by atoms with van der Waals surface area (Å²) in [4.78, 5) is 55.0. The largest absolute Gasteiger partial charge is 0.466 e. The maximum atomic E-state index is 13.7. The number of nitrogens with zero attached hydrogens (tertiary/aromatic N) is 3. The minimum atomic E-state index is -4.69. The molecule has 0 aromatic heterocycles. The monoisotopic (exact) mass is 508 g/mol. The van der Waals surface area contributed by atoms with Crippen LogP contribution >= 0.6 is 0 Å². The average Bonchev–Trinajstić information content (AvgIpc) is 3.17. The van der Waals surface area contributed by atoms with E-state index >= 15 is 0 Å². The third-order valence-electron chi connectivity index (χ3n) is 6.73. The summed E-state index contributed by atoms with van der Waals surface area (Å²) in [6, 6.07) is 2.82. The fourth-order valence-electron chi connectivity index (χ4n) is 4.91. The van der Waals surface area contributed by atoms with Crippen molar-refractivity contribution < 1.29 is 37.1 Å². The average molecular weight is 508 g/mol. The van der Waals surface area contributed by atoms with Crippen LogP contribution in [0.1, 0.15) is 36.9 Å². The predicted molar refractivity (Wildman–Crippen MR) is 120 cm³/mol. The zero-order valence-electron chi connectivity index (χ0n) is 19.9. The molecule has 0 saturated carbocycles. The highest BCUT2D eigenvalue weighted by Gasteiger charge is 2.46. The minimum absolute atomic E-state index is 0.00430. The number of nitrogens with one attached hydrogen (secondary N) is 1. The molecule has 3 aliphatic rings. The van der Waals surface area contributed by atoms with Gasteiger partial charge in [-0.3, -0.25) is 19.3 Å². The Morgan fingerprint density at radius 2 is 1.92 bits per heavy atom. The summed E-state index contributed by atoms with van der Waals surface area (Å²) in [6.45, 7) is 2.12. The molecule has 1 N–H and O–H groups in total. The summed E-state index contributed by atoms with van der Waals surface area (Å²) in [6.07, 6.45) is -3.48. The van der Waals surface area contributed by atoms with Gasteiger partial charge >= 0.3 is 18.2 Å². The molecule has 0 bridgehead atoms. The van der Waals surface area contributed by atoms with Crippen LogP contribution in [0.25, 0.3) is 0 Å². The summed E-state index contributed by atoms with van der Waals surface area (Å²) >= 11 is 0. The second-order valence-corrected chi connectivity index (χ2v) is 8.98. The van der Waals surface area contributed by atoms with Gasteiger partial charge < -0.3 is 19.9 Å². The lowest BCUT2D eigenvalue weighted by molar-refractivity contribution is -0.152. The van der Waals surface area contributed by atoms with Crippen molar-refractivity contribution in [2.45, 2.75) is 32.0 Å². The Balaban J connectivity index is 1.55. The van der Waals surface area contributed by atoms with E-state index in [1.165, 1.54) is 39.9 Å². The molecule has 1 aromatic rings. The van der Waals surface area contributed by atoms with Crippen molar-refractivity contribution in [2.75, 3.05) is 39.8 Å². The first kappa shape index (κ1) is 25.5. The van der Waals surface area contributed by atoms with Crippen LogP contribution < -0.4 is 5.32 Å². The Morgan fingerprint density at radius 3 is 2.61 bits per heavy atom. The highest BCUT2D eigenvalue weighted by atomic mass is 19.4. The molecular weight excluding hydrogens is 481 g/mol. The number of alkyl halides is 3. The molecule has 4 rings (SSSR count). The number of likely N-dealkylation sites (tertiary alicyclic amines) is 1. The Kier molecular flexibility index (Phi) is 6.96. The number of esters is 1. The van der Waals surface area contributed by atoms with Crippen molar-refractivity contribution in [3.63, 3.8) is 0 Å². The molecule has 3 aliphatic heterocycles. The second kappa shape index (κ2) is 9.82. The van der Waals surface area contributed by atoms with Gasteiger partial charge in [-0.2, -0.15) is 13.2 Å². The van der Waals surface area contributed by atoms with Gasteiger partial charge in [0.05, 0.1) is 41.9 Å². The van der Waals surface area contributed by atoms with E-state index < -0.39 is 35.6 Å². The number of rotatable bonds is 5. The standard InChI is InChI=1S/C24H27F3N4O5/c1-3-36-22(34)14-7-6-10-30(11-14)18(32)13-31-12-17-19(21(31)33)20(28-23(35)29(17)2)15-8-4-5-9-16(15)24(25,26)27/h4-5,8-9,14,20H,3,6-7,10-13H2,1-2H3,(H,28,35). The molecule has 2 atom stereocenters. The van der Waals surface area contributed by atoms with E-state index in [0.717, 1.165) is 6.07 Å². The van der Waals surface area contributed by atoms with E-state index in [2.05, 4.69) is 5.32 Å². The lowest BCUT2D eigenvalue weighted by Crippen LogP contribution is -2.47. The summed E-state index contributed by atoms with van der Waals surface area (Å²) in [5.74, 6) is -1.82. The molecule has 12 heteroatoms. The van der Waals surface area contributed by atoms with Crippen LogP contribution in [-0.4, -0.2) is 78.3 Å². The Bertz CT molecular complexity index is 1120. The Morgan fingerprint density at radius 1 is 1.19 bits per heavy atom. The summed E-state index contributed by atoms with van der Waals surface area (Å²) in [5, 5.41) is 2.50. The SMILES string of the molecule is CCOC(=O)C1CCCN(C(=O)CN2CC3=C(C2=O)C(c2ccccc2C(F)(F)F)NC(=O)N3C)C1. The van der Waals surface area contributed by atoms with Crippen molar-refractivity contribution in [3.05, 3.63) is 46.7 Å². The molecule has 0 aliphatic carbocycles. The number of urea groups is 1. The van der Waals surface area contributed by atoms with E-state index in [1.807, 2.05) is 0 Å². The maximum absolute atomic E-state index is 13.7. The molecule has 9 nitrogen and oxygen atoms in total. The van der Waals surface area contributed by atoms with Crippen molar-refractivity contribution >= 4 is 23.8 Å². The number of hydrogen-bond donors (Lipinski definition) is 1. The first-order valence-electron chi connectivity index (χ1n) is 11.7. The predicted octanol–water partition coefficient (Wildman–Crippen LogP) is 2.30. The van der Waals surface area contributed by atoms with E-state index in [1.54, 1.807) is 6.92 Å². The lowest BCUT2D eigenvalue weighted by atomic mass is 9.92. The molecule has 3 heterocycles. The third kappa shape index (κ3) is 4.76. The van der Waals surface area contributed by atoms with Crippen LogP contribution in [0.3, 0.4) is 0 Å². The van der Waals surface area contributed by atoms with Gasteiger partial charge in [0.2, 0.25) is 5.91 Å². The number of ether oxygens (including phenoxy) is 1. The van der Waals surface area contributed by atoms with Gasteiger partial charge in [0.25, 0.3) is 5.91 Å². The number of carbonyl (C=O) groups is 4. The van der Waals surface area contributed by atoms with Crippen molar-refractivity contribution in [1.82, 2.24) is 20.0 Å². The van der Waals surface area contributed by atoms with Crippen LogP contribution in [0.5, 0.6) is 0 Å². The molecule has 1 saturated heterocycles. The van der Waals surface area contributed by atoms with E-state index in [9.17, 15) is 32.3 Å². The molecule has 0 radical (unpaired) electrons. The smallest absolute Gasteiger partial charge is 0.416 e. The van der Waals surface area contributed by atoms with Gasteiger partial charge in [0, 0.05) is 20.1 Å². The van der Waals surface area contributed by atoms with Crippen LogP contribution in [0, 0.1) is 5.92 Å². The first-order chi connectivity index (χ1) is 17.0. The fraction of sp³-hybridized carbons (Fsp3) is 0.500. The lowest BCUT2D eigenvalue weighted by Gasteiger charge is -2.32.